The van der Waals surface area contributed by atoms with Crippen LogP contribution < -0.4 is 11.1 Å². The zero-order chi connectivity index (χ0) is 23.4. The van der Waals surface area contributed by atoms with E-state index < -0.39 is 11.7 Å². The van der Waals surface area contributed by atoms with Gasteiger partial charge >= 0.3 is 0 Å². The number of hydrogen-bond donors (Lipinski definition) is 2. The van der Waals surface area contributed by atoms with Gasteiger partial charge in [0.1, 0.15) is 11.5 Å². The highest BCUT2D eigenvalue weighted by molar-refractivity contribution is 6.47. The number of carbonyl (C=O) groups is 2. The Morgan fingerprint density at radius 2 is 1.70 bits per heavy atom. The molecule has 33 heavy (non-hydrogen) atoms. The molecule has 168 valence electrons. The first kappa shape index (κ1) is 22.3. The van der Waals surface area contributed by atoms with Crippen molar-refractivity contribution >= 4 is 28.7 Å². The third-order valence-corrected chi connectivity index (χ3v) is 5.63. The van der Waals surface area contributed by atoms with E-state index in [9.17, 15) is 9.59 Å². The number of fused-ring (bicyclic) bond motifs is 1. The van der Waals surface area contributed by atoms with E-state index in [1.165, 1.54) is 0 Å². The smallest absolute Gasteiger partial charge is 0.298 e. The summed E-state index contributed by atoms with van der Waals surface area (Å²) in [7, 11) is 0. The number of pyridine rings is 2. The van der Waals surface area contributed by atoms with Crippen LogP contribution in [0.3, 0.4) is 0 Å². The standard InChI is InChI=1S/C27H28N4O2/c1-3-10-19-16-23(28)29-22(11-4-2)24(19)30-27(33)26(32)25-21(18-12-6-5-7-13-18)17-20-14-8-9-15-31(20)25/h5-9,12-17H,3-4,10-11H2,1-2H3,(H2,28,29)(H,30,33). The zero-order valence-corrected chi connectivity index (χ0v) is 19.0. The molecule has 0 fully saturated rings. The van der Waals surface area contributed by atoms with Gasteiger partial charge in [0.15, 0.2) is 0 Å². The maximum Gasteiger partial charge on any atom is 0.298 e. The predicted molar refractivity (Wildman–Crippen MR) is 132 cm³/mol. The number of nitrogens with one attached hydrogen (secondary N) is 1. The number of benzene rings is 1. The van der Waals surface area contributed by atoms with Crippen LogP contribution in [0.2, 0.25) is 0 Å². The van der Waals surface area contributed by atoms with Crippen LogP contribution in [0.25, 0.3) is 16.6 Å². The second-order valence-electron chi connectivity index (χ2n) is 8.08. The Kier molecular flexibility index (Phi) is 6.54. The van der Waals surface area contributed by atoms with Crippen molar-refractivity contribution in [3.8, 4) is 11.1 Å². The van der Waals surface area contributed by atoms with Crippen LogP contribution in [0.1, 0.15) is 48.4 Å². The molecule has 0 aliphatic heterocycles. The minimum Gasteiger partial charge on any atom is -0.384 e. The van der Waals surface area contributed by atoms with Gasteiger partial charge in [0.25, 0.3) is 11.7 Å². The second kappa shape index (κ2) is 9.69. The molecule has 0 aliphatic rings. The molecular weight excluding hydrogens is 412 g/mol. The quantitative estimate of drug-likeness (QED) is 0.287. The molecule has 1 amide bonds. The molecule has 0 bridgehead atoms. The Morgan fingerprint density at radius 3 is 2.42 bits per heavy atom. The van der Waals surface area contributed by atoms with Crippen molar-refractivity contribution in [3.05, 3.63) is 83.8 Å². The van der Waals surface area contributed by atoms with Gasteiger partial charge in [-0.05, 0) is 48.2 Å². The number of hydrogen-bond acceptors (Lipinski definition) is 4. The number of ketones is 1. The number of nitrogens with two attached hydrogens (primary N) is 1. The Balaban J connectivity index is 1.77. The lowest BCUT2D eigenvalue weighted by atomic mass is 10.0. The molecule has 6 heteroatoms. The summed E-state index contributed by atoms with van der Waals surface area (Å²) in [6.07, 6.45) is 4.93. The fourth-order valence-electron chi connectivity index (χ4n) is 4.19. The molecule has 3 heterocycles. The fourth-order valence-corrected chi connectivity index (χ4v) is 4.19. The molecule has 0 atom stereocenters. The van der Waals surface area contributed by atoms with Crippen LogP contribution in [-0.4, -0.2) is 21.1 Å². The second-order valence-corrected chi connectivity index (χ2v) is 8.08. The lowest BCUT2D eigenvalue weighted by Gasteiger charge is -2.16. The van der Waals surface area contributed by atoms with Crippen LogP contribution in [-0.2, 0) is 17.6 Å². The van der Waals surface area contributed by atoms with Gasteiger partial charge in [-0.25, -0.2) is 4.98 Å². The van der Waals surface area contributed by atoms with Gasteiger partial charge in [-0.1, -0.05) is 63.1 Å². The maximum absolute atomic E-state index is 13.5. The lowest BCUT2D eigenvalue weighted by Crippen LogP contribution is -2.26. The van der Waals surface area contributed by atoms with Crippen LogP contribution in [0, 0.1) is 0 Å². The highest BCUT2D eigenvalue weighted by Gasteiger charge is 2.26. The van der Waals surface area contributed by atoms with E-state index in [0.29, 0.717) is 29.3 Å². The summed E-state index contributed by atoms with van der Waals surface area (Å²) in [5.74, 6) is -0.853. The van der Waals surface area contributed by atoms with E-state index in [2.05, 4.69) is 17.2 Å². The first-order valence-corrected chi connectivity index (χ1v) is 11.3. The summed E-state index contributed by atoms with van der Waals surface area (Å²) >= 11 is 0. The Hall–Kier alpha value is -3.93. The number of nitrogen functional groups attached to an aromatic ring is 1. The number of aromatic nitrogens is 2. The first-order chi connectivity index (χ1) is 16.0. The van der Waals surface area contributed by atoms with E-state index in [4.69, 9.17) is 5.73 Å². The molecule has 0 saturated carbocycles. The third kappa shape index (κ3) is 4.51. The van der Waals surface area contributed by atoms with Gasteiger partial charge in [-0.15, -0.1) is 0 Å². The number of aryl methyl sites for hydroxylation is 2. The zero-order valence-electron chi connectivity index (χ0n) is 19.0. The third-order valence-electron chi connectivity index (χ3n) is 5.63. The van der Waals surface area contributed by atoms with Crippen molar-refractivity contribution < 1.29 is 9.59 Å². The molecule has 4 aromatic rings. The van der Waals surface area contributed by atoms with Crippen LogP contribution in [0.5, 0.6) is 0 Å². The number of carbonyl (C=O) groups excluding carboxylic acids is 2. The summed E-state index contributed by atoms with van der Waals surface area (Å²) in [4.78, 5) is 31.3. The number of nitrogens with zero attached hydrogens (tertiary/aromatic N) is 2. The monoisotopic (exact) mass is 440 g/mol. The first-order valence-electron chi connectivity index (χ1n) is 11.3. The van der Waals surface area contributed by atoms with E-state index in [0.717, 1.165) is 41.5 Å². The maximum atomic E-state index is 13.5. The molecule has 4 rings (SSSR count). The molecular formula is C27H28N4O2. The summed E-state index contributed by atoms with van der Waals surface area (Å²) in [6, 6.07) is 19.0. The van der Waals surface area contributed by atoms with Gasteiger partial charge in [-0.3, -0.25) is 9.59 Å². The molecule has 0 aliphatic carbocycles. The highest BCUT2D eigenvalue weighted by Crippen LogP contribution is 2.29. The lowest BCUT2D eigenvalue weighted by molar-refractivity contribution is -0.112. The van der Waals surface area contributed by atoms with Gasteiger partial charge in [0.2, 0.25) is 0 Å². The van der Waals surface area contributed by atoms with Gasteiger partial charge in [0, 0.05) is 17.3 Å². The average Bonchev–Trinajstić information content (AvgIpc) is 3.21. The molecule has 1 aromatic carbocycles. The Bertz CT molecular complexity index is 1280. The number of amides is 1. The summed E-state index contributed by atoms with van der Waals surface area (Å²) in [6.45, 7) is 4.10. The van der Waals surface area contributed by atoms with Crippen molar-refractivity contribution in [3.63, 3.8) is 0 Å². The van der Waals surface area contributed by atoms with E-state index in [1.807, 2.05) is 61.5 Å². The fraction of sp³-hybridized carbons (Fsp3) is 0.222. The predicted octanol–water partition coefficient (Wildman–Crippen LogP) is 5.31. The Labute approximate surface area is 193 Å². The topological polar surface area (TPSA) is 89.5 Å². The summed E-state index contributed by atoms with van der Waals surface area (Å²) < 4.78 is 1.77. The van der Waals surface area contributed by atoms with Crippen LogP contribution >= 0.6 is 0 Å². The van der Waals surface area contributed by atoms with Crippen molar-refractivity contribution in [2.24, 2.45) is 0 Å². The summed E-state index contributed by atoms with van der Waals surface area (Å²) in [5.41, 5.74) is 11.0. The largest absolute Gasteiger partial charge is 0.384 e. The van der Waals surface area contributed by atoms with Gasteiger partial charge in [-0.2, -0.15) is 0 Å². The molecule has 6 nitrogen and oxygen atoms in total. The normalized spacial score (nSPS) is 11.0. The number of Topliss-reactive ketones (excluding diaryl/α,β-unsaturated/α-hetero) is 1. The van der Waals surface area contributed by atoms with E-state index in [-0.39, 0.29) is 0 Å². The van der Waals surface area contributed by atoms with E-state index in [1.54, 1.807) is 16.7 Å². The van der Waals surface area contributed by atoms with Crippen molar-refractivity contribution in [2.45, 2.75) is 39.5 Å². The van der Waals surface area contributed by atoms with Crippen molar-refractivity contribution in [1.82, 2.24) is 9.38 Å². The minimum atomic E-state index is -0.683. The molecule has 3 aromatic heterocycles. The van der Waals surface area contributed by atoms with Crippen molar-refractivity contribution in [2.75, 3.05) is 11.1 Å². The minimum absolute atomic E-state index is 0.340. The molecule has 0 spiro atoms. The van der Waals surface area contributed by atoms with Crippen molar-refractivity contribution in [1.29, 1.82) is 0 Å². The molecule has 0 saturated heterocycles. The highest BCUT2D eigenvalue weighted by atomic mass is 16.2. The summed E-state index contributed by atoms with van der Waals surface area (Å²) in [5, 5.41) is 2.89. The number of rotatable bonds is 8. The van der Waals surface area contributed by atoms with Crippen LogP contribution in [0.15, 0.2) is 66.9 Å². The molecule has 0 unspecified atom stereocenters. The van der Waals surface area contributed by atoms with Gasteiger partial charge < -0.3 is 15.5 Å². The molecule has 0 radical (unpaired) electrons. The SMILES string of the molecule is CCCc1cc(N)nc(CCC)c1NC(=O)C(=O)c1c(-c2ccccc2)cc2ccccn12. The number of anilines is 2. The Morgan fingerprint density at radius 1 is 0.970 bits per heavy atom. The van der Waals surface area contributed by atoms with Gasteiger partial charge in [0.05, 0.1) is 11.4 Å². The molecule has 3 N–H and O–H groups in total. The van der Waals surface area contributed by atoms with E-state index >= 15 is 0 Å². The van der Waals surface area contributed by atoms with Crippen LogP contribution in [0.4, 0.5) is 11.5 Å². The average molecular weight is 441 g/mol.